The number of fused-ring (bicyclic) bond motifs is 15. The number of rotatable bonds is 14. The van der Waals surface area contributed by atoms with Gasteiger partial charge in [0.25, 0.3) is 33.8 Å². The van der Waals surface area contributed by atoms with E-state index < -0.39 is 5.97 Å². The number of methoxy groups -OCH3 is 5. The standard InChI is InChI=1S/C18H14Br2N4O2S.C18H15BrN4O2S.C18H16N4O2S.C17H13BrN4O2S.C16H10BrN3O2S.C2H4O2.Br2/c1-23(2)15-11(20)7-21-17-13(15)14-16(27-17)18(25)24(8-22-14)9-4-5-12(26-3)10(19)6-9;1-22(2)15-12(19)8-20-17-13(15)14-16(26-17)18(24)23(9-21-14)10-4-6-11(25-3)7-5-10;1-21(2)13-8-9-19-17-14(13)15-16(25-17)18(23)22(10-20-15)11-4-6-12(24-3)7-5-11;1-19-13-11(18)7-20-16-12(13)14-15(25-16)17(23)22(8-21-14)9-3-5-10(24-2)6-4-9;1-22-10-4-2-9(3-5-10)20-8-19-13-12-11(17)6-7-18-15(12)23-14(13)16(20)21;1-2(3)4;1-2/h4-8H,1-3H3;4-9H,1-3H3;4-10H,1-3H3;3-8H,1-2H3,(H,19,20);2-8H,1H3;1H3,(H,3,4);. The molecule has 0 aliphatic heterocycles. The Morgan fingerprint density at radius 2 is 0.636 bits per heavy atom. The van der Waals surface area contributed by atoms with E-state index in [4.69, 9.17) is 33.6 Å². The highest BCUT2D eigenvalue weighted by molar-refractivity contribution is 9.93. The van der Waals surface area contributed by atoms with Gasteiger partial charge in [0.15, 0.2) is 0 Å². The van der Waals surface area contributed by atoms with Crippen molar-refractivity contribution in [3.05, 3.63) is 264 Å². The van der Waals surface area contributed by atoms with Gasteiger partial charge in [0.1, 0.15) is 125 Å². The Bertz CT molecular complexity index is 8090. The molecule has 31 nitrogen and oxygen atoms in total. The van der Waals surface area contributed by atoms with Crippen LogP contribution in [0.15, 0.2) is 236 Å². The van der Waals surface area contributed by atoms with Gasteiger partial charge in [-0.3, -0.25) is 51.6 Å². The summed E-state index contributed by atoms with van der Waals surface area (Å²) in [4.78, 5) is 129. The molecule has 0 saturated carbocycles. The molecule has 0 aliphatic rings. The molecular formula is C89H72Br7N19O12S5. The summed E-state index contributed by atoms with van der Waals surface area (Å²) in [7, 11) is 21.6. The molecule has 132 heavy (non-hydrogen) atoms. The van der Waals surface area contributed by atoms with E-state index in [-0.39, 0.29) is 27.8 Å². The largest absolute Gasteiger partial charge is 0.497 e. The maximum atomic E-state index is 13.2. The quantitative estimate of drug-likeness (QED) is 0.102. The van der Waals surface area contributed by atoms with E-state index in [0.717, 1.165) is 149 Å². The van der Waals surface area contributed by atoms with E-state index in [1.54, 1.807) is 107 Å². The van der Waals surface area contributed by atoms with Crippen LogP contribution in [0.25, 0.3) is 131 Å². The number of ether oxygens (including phenoxy) is 5. The Balaban J connectivity index is 0.000000131. The first-order chi connectivity index (χ1) is 63.6. The van der Waals surface area contributed by atoms with Crippen molar-refractivity contribution in [2.75, 3.05) is 105 Å². The fraction of sp³-hybridized carbons (Fsp3) is 0.146. The van der Waals surface area contributed by atoms with Crippen LogP contribution in [0.2, 0.25) is 0 Å². The summed E-state index contributed by atoms with van der Waals surface area (Å²) < 4.78 is 40.8. The predicted octanol–water partition coefficient (Wildman–Crippen LogP) is 20.9. The van der Waals surface area contributed by atoms with Crippen molar-refractivity contribution >= 4 is 295 Å². The number of hydrogen-bond acceptors (Lipinski definition) is 30. The van der Waals surface area contributed by atoms with Gasteiger partial charge >= 0.3 is 0 Å². The van der Waals surface area contributed by atoms with E-state index in [2.05, 4.69) is 163 Å². The van der Waals surface area contributed by atoms with Gasteiger partial charge in [0, 0.05) is 120 Å². The lowest BCUT2D eigenvalue weighted by atomic mass is 10.2. The minimum Gasteiger partial charge on any atom is -0.497 e. The summed E-state index contributed by atoms with van der Waals surface area (Å²) in [6.45, 7) is 1.08. The summed E-state index contributed by atoms with van der Waals surface area (Å²) in [5, 5.41) is 15.0. The zero-order valence-electron chi connectivity index (χ0n) is 71.6. The molecule has 15 aromatic heterocycles. The summed E-state index contributed by atoms with van der Waals surface area (Å²) in [5.41, 5.74) is 10.3. The van der Waals surface area contributed by atoms with E-state index in [0.29, 0.717) is 62.5 Å². The fourth-order valence-corrected chi connectivity index (χ4v) is 22.1. The molecule has 0 radical (unpaired) electrons. The molecule has 5 aromatic carbocycles. The van der Waals surface area contributed by atoms with Crippen molar-refractivity contribution in [3.63, 3.8) is 0 Å². The first-order valence-electron chi connectivity index (χ1n) is 38.7. The number of hydrogen-bond donors (Lipinski definition) is 2. The van der Waals surface area contributed by atoms with Crippen molar-refractivity contribution in [2.45, 2.75) is 6.92 Å². The average Bonchev–Trinajstić information content (AvgIpc) is 1.62. The average molecular weight is 2320 g/mol. The predicted molar refractivity (Wildman–Crippen MR) is 558 cm³/mol. The summed E-state index contributed by atoms with van der Waals surface area (Å²) in [6.07, 6.45) is 16.5. The van der Waals surface area contributed by atoms with Crippen molar-refractivity contribution < 1.29 is 33.6 Å². The van der Waals surface area contributed by atoms with Crippen LogP contribution in [0.1, 0.15) is 6.92 Å². The minimum absolute atomic E-state index is 0.0946. The van der Waals surface area contributed by atoms with Crippen LogP contribution in [0.3, 0.4) is 0 Å². The topological polar surface area (TPSA) is 344 Å². The Hall–Kier alpha value is -11.6. The van der Waals surface area contributed by atoms with E-state index in [9.17, 15) is 24.0 Å². The van der Waals surface area contributed by atoms with Crippen LogP contribution in [0, 0.1) is 0 Å². The molecule has 43 heteroatoms. The van der Waals surface area contributed by atoms with Gasteiger partial charge in [-0.25, -0.2) is 49.8 Å². The van der Waals surface area contributed by atoms with Crippen LogP contribution in [0.5, 0.6) is 28.7 Å². The van der Waals surface area contributed by atoms with Gasteiger partial charge in [-0.1, -0.05) is 0 Å². The number of benzene rings is 5. The van der Waals surface area contributed by atoms with Crippen LogP contribution >= 0.6 is 165 Å². The zero-order valence-corrected chi connectivity index (χ0v) is 86.8. The highest BCUT2D eigenvalue weighted by Gasteiger charge is 2.25. The highest BCUT2D eigenvalue weighted by atomic mass is 80.9. The van der Waals surface area contributed by atoms with Gasteiger partial charge in [-0.05, 0) is 207 Å². The molecule has 0 unspecified atom stereocenters. The summed E-state index contributed by atoms with van der Waals surface area (Å²) >= 11 is 29.9. The molecule has 20 rings (SSSR count). The van der Waals surface area contributed by atoms with E-state index >= 15 is 0 Å². The Labute approximate surface area is 826 Å². The number of carboxylic acids is 1. The molecule has 20 aromatic rings. The summed E-state index contributed by atoms with van der Waals surface area (Å²) in [5.74, 6) is 2.83. The van der Waals surface area contributed by atoms with Crippen molar-refractivity contribution in [1.82, 2.24) is 72.7 Å². The van der Waals surface area contributed by atoms with Crippen LogP contribution in [-0.2, 0) is 4.79 Å². The first-order valence-corrected chi connectivity index (χ1v) is 50.5. The molecule has 0 saturated heterocycles. The highest BCUT2D eigenvalue weighted by Crippen LogP contribution is 2.44. The van der Waals surface area contributed by atoms with Gasteiger partial charge < -0.3 is 48.8 Å². The third kappa shape index (κ3) is 19.5. The first kappa shape index (κ1) is 96.4. The number of pyridine rings is 5. The van der Waals surface area contributed by atoms with E-state index in [1.807, 2.05) is 191 Å². The van der Waals surface area contributed by atoms with Gasteiger partial charge in [0.2, 0.25) is 0 Å². The van der Waals surface area contributed by atoms with E-state index in [1.165, 1.54) is 70.4 Å². The molecule has 0 spiro atoms. The number of halogens is 7. The van der Waals surface area contributed by atoms with Crippen LogP contribution in [0.4, 0.5) is 22.7 Å². The second-order valence-corrected chi connectivity index (χ2v) is 37.7. The molecule has 0 amide bonds. The van der Waals surface area contributed by atoms with Crippen molar-refractivity contribution in [2.24, 2.45) is 0 Å². The maximum Gasteiger partial charge on any atom is 0.300 e. The van der Waals surface area contributed by atoms with Crippen molar-refractivity contribution in [1.29, 1.82) is 0 Å². The molecule has 15 heterocycles. The summed E-state index contributed by atoms with van der Waals surface area (Å²) in [6, 6.07) is 38.5. The lowest BCUT2D eigenvalue weighted by Gasteiger charge is -2.15. The molecular weight excluding hydrogens is 2250 g/mol. The number of thiophene rings is 5. The molecule has 2 N–H and O–H groups in total. The monoisotopic (exact) mass is 2310 g/mol. The molecule has 0 bridgehead atoms. The number of anilines is 4. The third-order valence-electron chi connectivity index (χ3n) is 20.0. The second-order valence-electron chi connectivity index (χ2n) is 28.5. The molecule has 0 atom stereocenters. The Morgan fingerprint density at radius 1 is 0.348 bits per heavy atom. The number of nitrogens with one attached hydrogen (secondary N) is 1. The lowest BCUT2D eigenvalue weighted by Crippen LogP contribution is -2.18. The molecule has 674 valence electrons. The number of aliphatic carboxylic acids is 1. The number of carbonyl (C=O) groups is 1. The minimum atomic E-state index is -0.833. The van der Waals surface area contributed by atoms with Crippen molar-refractivity contribution in [3.8, 4) is 57.2 Å². The fourth-order valence-electron chi connectivity index (χ4n) is 13.9. The number of aromatic nitrogens is 15. The Morgan fingerprint density at radius 3 is 0.955 bits per heavy atom. The smallest absolute Gasteiger partial charge is 0.300 e. The zero-order chi connectivity index (χ0) is 94.4. The molecule has 0 aliphatic carbocycles. The van der Waals surface area contributed by atoms with Crippen LogP contribution in [-0.4, -0.2) is 169 Å². The second kappa shape index (κ2) is 42.1. The number of nitrogens with zero attached hydrogens (tertiary/aromatic N) is 18. The maximum absolute atomic E-state index is 13.2. The molecule has 0 fully saturated rings. The Kier molecular flexibility index (Phi) is 30.7. The van der Waals surface area contributed by atoms with Gasteiger partial charge in [0.05, 0.1) is 143 Å². The normalized spacial score (nSPS) is 10.9. The SMILES string of the molecule is BrBr.CC(=O)O.CNc1c(Br)cnc2sc3c(=O)n(-c4ccc(OC)cc4)cnc3c12.COc1ccc(-n2cnc3c(sc4ncc(Br)c(N(C)C)c43)c2=O)cc1.COc1ccc(-n2cnc3c(sc4ncc(Br)c(N(C)C)c43)c2=O)cc1Br.COc1ccc(-n2cnc3c(sc4nccc(Br)c43)c2=O)cc1.COc1ccc(-n2cnc3c(sc4nccc(N(C)C)c43)c2=O)cc1. The van der Waals surface area contributed by atoms with Gasteiger partial charge in [-0.2, -0.15) is 0 Å². The third-order valence-corrected chi connectivity index (χ3v) is 28.4. The number of carboxylic acid groups (broad SMARTS) is 1. The lowest BCUT2D eigenvalue weighted by molar-refractivity contribution is -0.134. The van der Waals surface area contributed by atoms with Gasteiger partial charge in [-0.15, -0.1) is 56.7 Å². The van der Waals surface area contributed by atoms with Crippen LogP contribution < -0.4 is 71.5 Å².